The van der Waals surface area contributed by atoms with Gasteiger partial charge in [-0.25, -0.2) is 4.79 Å². The summed E-state index contributed by atoms with van der Waals surface area (Å²) in [6, 6.07) is 20.4. The van der Waals surface area contributed by atoms with Crippen LogP contribution in [0.5, 0.6) is 0 Å². The Morgan fingerprint density at radius 2 is 1.72 bits per heavy atom. The van der Waals surface area contributed by atoms with E-state index in [-0.39, 0.29) is 41.3 Å². The maximum absolute atomic E-state index is 12.7. The topological polar surface area (TPSA) is 115 Å². The van der Waals surface area contributed by atoms with E-state index in [9.17, 15) is 14.4 Å². The van der Waals surface area contributed by atoms with E-state index in [1.165, 1.54) is 17.8 Å². The van der Waals surface area contributed by atoms with Crippen LogP contribution in [0.4, 0.5) is 5.69 Å². The third-order valence-electron chi connectivity index (χ3n) is 5.31. The number of benzene rings is 3. The number of aromatic nitrogens is 3. The molecule has 9 nitrogen and oxygen atoms in total. The van der Waals surface area contributed by atoms with Crippen molar-refractivity contribution in [2.45, 2.75) is 18.6 Å². The Morgan fingerprint density at radius 3 is 2.41 bits per heavy atom. The summed E-state index contributed by atoms with van der Waals surface area (Å²) < 4.78 is 6.74. The number of halogens is 2. The molecule has 0 atom stereocenters. The number of hydrogen-bond donors (Lipinski definition) is 2. The van der Waals surface area contributed by atoms with Crippen LogP contribution in [0.3, 0.4) is 0 Å². The number of nitrogens with one attached hydrogen (secondary N) is 2. The van der Waals surface area contributed by atoms with E-state index < -0.39 is 5.97 Å². The first kappa shape index (κ1) is 28.2. The molecule has 0 bridgehead atoms. The van der Waals surface area contributed by atoms with Gasteiger partial charge in [-0.1, -0.05) is 53.2 Å². The van der Waals surface area contributed by atoms with E-state index in [1.807, 2.05) is 30.3 Å². The number of hydrogen-bond acceptors (Lipinski definition) is 7. The van der Waals surface area contributed by atoms with Crippen LogP contribution < -0.4 is 10.6 Å². The van der Waals surface area contributed by atoms with Crippen LogP contribution in [0.1, 0.15) is 33.5 Å². The lowest BCUT2D eigenvalue weighted by molar-refractivity contribution is -0.113. The first-order valence-electron chi connectivity index (χ1n) is 11.8. The van der Waals surface area contributed by atoms with Gasteiger partial charge in [0.25, 0.3) is 5.91 Å². The molecule has 4 rings (SSSR count). The molecule has 0 aliphatic heterocycles. The molecule has 12 heteroatoms. The molecule has 0 unspecified atom stereocenters. The molecule has 2 amide bonds. The quantitative estimate of drug-likeness (QED) is 0.189. The van der Waals surface area contributed by atoms with Gasteiger partial charge in [0.05, 0.1) is 35.1 Å². The Kier molecular flexibility index (Phi) is 9.59. The van der Waals surface area contributed by atoms with Gasteiger partial charge in [-0.05, 0) is 61.5 Å². The van der Waals surface area contributed by atoms with Crippen LogP contribution >= 0.6 is 35.0 Å². The van der Waals surface area contributed by atoms with Gasteiger partial charge in [0.1, 0.15) is 0 Å². The van der Waals surface area contributed by atoms with Gasteiger partial charge in [-0.2, -0.15) is 0 Å². The minimum Gasteiger partial charge on any atom is -0.462 e. The van der Waals surface area contributed by atoms with E-state index >= 15 is 0 Å². The number of esters is 1. The Bertz CT molecular complexity index is 1480. The van der Waals surface area contributed by atoms with Gasteiger partial charge in [-0.3, -0.25) is 14.2 Å². The SMILES string of the molecule is CCOC(=O)c1ccc(NC(=O)CSc2nnc(CNC(=O)c3ccc(Cl)cc3Cl)n2-c2ccccc2)cc1. The number of carbonyl (C=O) groups excluding carboxylic acids is 3. The summed E-state index contributed by atoms with van der Waals surface area (Å²) in [5.74, 6) is -0.552. The van der Waals surface area contributed by atoms with E-state index in [1.54, 1.807) is 47.9 Å². The lowest BCUT2D eigenvalue weighted by Crippen LogP contribution is -2.25. The van der Waals surface area contributed by atoms with Crippen molar-refractivity contribution < 1.29 is 19.1 Å². The largest absolute Gasteiger partial charge is 0.462 e. The lowest BCUT2D eigenvalue weighted by atomic mass is 10.2. The second-order valence-electron chi connectivity index (χ2n) is 8.01. The first-order chi connectivity index (χ1) is 18.9. The third kappa shape index (κ3) is 7.38. The first-order valence-corrected chi connectivity index (χ1v) is 13.5. The van der Waals surface area contributed by atoms with Gasteiger partial charge in [0, 0.05) is 16.4 Å². The van der Waals surface area contributed by atoms with E-state index in [2.05, 4.69) is 20.8 Å². The fourth-order valence-corrected chi connectivity index (χ4v) is 4.77. The van der Waals surface area contributed by atoms with E-state index in [0.717, 1.165) is 5.69 Å². The number of carbonyl (C=O) groups is 3. The van der Waals surface area contributed by atoms with E-state index in [0.29, 0.717) is 27.3 Å². The highest BCUT2D eigenvalue weighted by atomic mass is 35.5. The van der Waals surface area contributed by atoms with Crippen molar-refractivity contribution >= 4 is 58.4 Å². The fourth-order valence-electron chi connectivity index (χ4n) is 3.50. The van der Waals surface area contributed by atoms with Crippen molar-refractivity contribution in [3.8, 4) is 5.69 Å². The van der Waals surface area contributed by atoms with Crippen LogP contribution in [0.2, 0.25) is 10.0 Å². The molecular weight excluding hydrogens is 561 g/mol. The number of thioether (sulfide) groups is 1. The predicted molar refractivity (Wildman–Crippen MR) is 151 cm³/mol. The zero-order valence-electron chi connectivity index (χ0n) is 20.7. The molecule has 1 heterocycles. The molecular formula is C27H23Cl2N5O4S. The van der Waals surface area contributed by atoms with Crippen LogP contribution in [0.15, 0.2) is 78.0 Å². The monoisotopic (exact) mass is 583 g/mol. The molecule has 4 aromatic rings. The second-order valence-corrected chi connectivity index (χ2v) is 9.80. The molecule has 0 fully saturated rings. The predicted octanol–water partition coefficient (Wildman–Crippen LogP) is 5.41. The molecule has 0 saturated carbocycles. The highest BCUT2D eigenvalue weighted by Gasteiger charge is 2.18. The molecule has 1 aromatic heterocycles. The second kappa shape index (κ2) is 13.3. The fraction of sp³-hybridized carbons (Fsp3) is 0.148. The number of ether oxygens (including phenoxy) is 1. The molecule has 200 valence electrons. The molecule has 0 saturated heterocycles. The molecule has 0 aliphatic rings. The van der Waals surface area contributed by atoms with Crippen LogP contribution in [0, 0.1) is 0 Å². The maximum atomic E-state index is 12.7. The molecule has 0 aliphatic carbocycles. The van der Waals surface area contributed by atoms with Crippen molar-refractivity contribution in [3.05, 3.63) is 99.8 Å². The molecule has 3 aromatic carbocycles. The van der Waals surface area contributed by atoms with Gasteiger partial charge in [0.15, 0.2) is 11.0 Å². The third-order valence-corrected chi connectivity index (χ3v) is 6.79. The van der Waals surface area contributed by atoms with Crippen molar-refractivity contribution in [2.75, 3.05) is 17.7 Å². The Hall–Kier alpha value is -3.86. The molecule has 39 heavy (non-hydrogen) atoms. The maximum Gasteiger partial charge on any atom is 0.338 e. The minimum atomic E-state index is -0.422. The van der Waals surface area contributed by atoms with Crippen molar-refractivity contribution in [2.24, 2.45) is 0 Å². The van der Waals surface area contributed by atoms with Crippen LogP contribution in [-0.4, -0.2) is 44.9 Å². The van der Waals surface area contributed by atoms with Crippen molar-refractivity contribution in [1.29, 1.82) is 0 Å². The number of anilines is 1. The summed E-state index contributed by atoms with van der Waals surface area (Å²) in [5, 5.41) is 15.2. The van der Waals surface area contributed by atoms with Crippen LogP contribution in [0.25, 0.3) is 5.69 Å². The molecule has 0 radical (unpaired) electrons. The number of rotatable bonds is 10. The average molecular weight is 584 g/mol. The number of para-hydroxylation sites is 1. The number of nitrogens with zero attached hydrogens (tertiary/aromatic N) is 3. The normalized spacial score (nSPS) is 10.6. The molecule has 2 N–H and O–H groups in total. The van der Waals surface area contributed by atoms with Gasteiger partial charge < -0.3 is 15.4 Å². The zero-order valence-corrected chi connectivity index (χ0v) is 23.0. The highest BCUT2D eigenvalue weighted by molar-refractivity contribution is 7.99. The lowest BCUT2D eigenvalue weighted by Gasteiger charge is -2.11. The minimum absolute atomic E-state index is 0.0529. The van der Waals surface area contributed by atoms with Crippen molar-refractivity contribution in [3.63, 3.8) is 0 Å². The summed E-state index contributed by atoms with van der Waals surface area (Å²) in [6.45, 7) is 2.09. The Morgan fingerprint density at radius 1 is 0.974 bits per heavy atom. The van der Waals surface area contributed by atoms with Gasteiger partial charge in [0.2, 0.25) is 5.91 Å². The highest BCUT2D eigenvalue weighted by Crippen LogP contribution is 2.24. The van der Waals surface area contributed by atoms with E-state index in [4.69, 9.17) is 27.9 Å². The smallest absolute Gasteiger partial charge is 0.338 e. The standard InChI is InChI=1S/C27H23Cl2N5O4S/c1-2-38-26(37)17-8-11-19(12-9-17)31-24(35)16-39-27-33-32-23(34(27)20-6-4-3-5-7-20)15-30-25(36)21-13-10-18(28)14-22(21)29/h3-14H,2,15-16H2,1H3,(H,30,36)(H,31,35). The Balaban J connectivity index is 1.43. The van der Waals surface area contributed by atoms with Gasteiger partial charge in [-0.15, -0.1) is 10.2 Å². The zero-order chi connectivity index (χ0) is 27.8. The summed E-state index contributed by atoms with van der Waals surface area (Å²) in [4.78, 5) is 37.1. The summed E-state index contributed by atoms with van der Waals surface area (Å²) in [5.41, 5.74) is 2.00. The van der Waals surface area contributed by atoms with Crippen LogP contribution in [-0.2, 0) is 16.1 Å². The summed E-state index contributed by atoms with van der Waals surface area (Å²) >= 11 is 13.3. The summed E-state index contributed by atoms with van der Waals surface area (Å²) in [7, 11) is 0. The van der Waals surface area contributed by atoms with Crippen molar-refractivity contribution in [1.82, 2.24) is 20.1 Å². The molecule has 0 spiro atoms. The Labute approximate surface area is 238 Å². The van der Waals surface area contributed by atoms with Gasteiger partial charge >= 0.3 is 5.97 Å². The summed E-state index contributed by atoms with van der Waals surface area (Å²) in [6.07, 6.45) is 0. The average Bonchev–Trinajstić information content (AvgIpc) is 3.34. The number of amides is 2.